The van der Waals surface area contributed by atoms with Crippen molar-refractivity contribution in [1.29, 1.82) is 0 Å². The summed E-state index contributed by atoms with van der Waals surface area (Å²) in [6, 6.07) is 177. The molecule has 0 saturated carbocycles. The molecular formula is C120H80N4. The van der Waals surface area contributed by atoms with Crippen molar-refractivity contribution in [3.63, 3.8) is 0 Å². The molecule has 0 bridgehead atoms. The lowest BCUT2D eigenvalue weighted by Gasteiger charge is -2.15. The van der Waals surface area contributed by atoms with Crippen molar-refractivity contribution in [2.45, 2.75) is 0 Å². The SMILES string of the molecule is c1ccc(-c2ccc(-c3ccc(-n4c5ccccc5c5cc(-c6ccc7c(c6)c6ccccc6n7-c6ccc(-c7ccccc7)c(-c7ccccc7)c6)ccc54)cc3)cc2)cc1.c1ccc(-c2ccc(-c3ccc(-n4c5ccccc5c5cc(-c6ccc7c(c6)c6ccccc6n7-c6ccc(-c7ccccc7-c7ccccc7)cc6)ccc54)cc3)cc2)cc1. The first kappa shape index (κ1) is 72.8. The molecule has 0 aliphatic carbocycles. The van der Waals surface area contributed by atoms with Gasteiger partial charge >= 0.3 is 0 Å². The zero-order valence-electron chi connectivity index (χ0n) is 68.0. The first-order valence-electron chi connectivity index (χ1n) is 42.7. The van der Waals surface area contributed by atoms with Crippen LogP contribution < -0.4 is 0 Å². The molecule has 0 aliphatic heterocycles. The predicted molar refractivity (Wildman–Crippen MR) is 525 cm³/mol. The summed E-state index contributed by atoms with van der Waals surface area (Å²) in [4.78, 5) is 0. The average Bonchev–Trinajstić information content (AvgIpc) is 1.58. The van der Waals surface area contributed by atoms with Crippen LogP contribution in [0, 0.1) is 0 Å². The van der Waals surface area contributed by atoms with Gasteiger partial charge in [0.25, 0.3) is 0 Å². The van der Waals surface area contributed by atoms with E-state index in [9.17, 15) is 0 Å². The lowest BCUT2D eigenvalue weighted by atomic mass is 9.94. The Morgan fingerprint density at radius 3 is 0.581 bits per heavy atom. The molecule has 24 rings (SSSR count). The number of hydrogen-bond donors (Lipinski definition) is 0. The van der Waals surface area contributed by atoms with Crippen LogP contribution in [-0.2, 0) is 0 Å². The van der Waals surface area contributed by atoms with E-state index in [2.05, 4.69) is 504 Å². The number of fused-ring (bicyclic) bond motifs is 12. The summed E-state index contributed by atoms with van der Waals surface area (Å²) in [5.74, 6) is 0. The molecule has 4 heterocycles. The number of nitrogens with zero attached hydrogens (tertiary/aromatic N) is 4. The average molecular weight is 1580 g/mol. The standard InChI is InChI=1S/2C60H40N2/c1-4-14-41(15-5-1)42-24-26-43(27-25-42)44-28-32-49(33-29-44)61-57-22-12-10-20-52(57)55-38-47(30-36-59(55)61)48-31-37-60-56(39-48)53-21-11-13-23-58(53)62(60)50-34-35-51(45-16-6-2-7-17-45)54(40-50)46-18-8-3-9-19-46;1-3-13-41(14-4-1)42-23-25-43(26-24-42)44-27-33-49(34-28-44)61-57-21-11-9-19-53(57)55-39-47(31-37-59(55)61)48-32-38-60-56(40-48)54-20-10-12-22-58(54)62(60)50-35-29-46(30-36-50)52-18-8-7-17-51(52)45-15-5-2-6-16-45/h2*1-40H. The van der Waals surface area contributed by atoms with Gasteiger partial charge < -0.3 is 18.3 Å². The minimum absolute atomic E-state index is 1.14. The molecule has 24 aromatic rings. The zero-order chi connectivity index (χ0) is 82.0. The molecule has 0 atom stereocenters. The normalized spacial score (nSPS) is 11.5. The molecule has 4 nitrogen and oxygen atoms in total. The molecule has 20 aromatic carbocycles. The van der Waals surface area contributed by atoms with Gasteiger partial charge in [0.05, 0.1) is 44.1 Å². The van der Waals surface area contributed by atoms with Gasteiger partial charge in [0, 0.05) is 65.8 Å². The molecule has 0 N–H and O–H groups in total. The molecule has 0 saturated heterocycles. The van der Waals surface area contributed by atoms with Crippen molar-refractivity contribution in [2.75, 3.05) is 0 Å². The second-order valence-corrected chi connectivity index (χ2v) is 32.2. The van der Waals surface area contributed by atoms with Crippen LogP contribution in [0.2, 0.25) is 0 Å². The fourth-order valence-electron chi connectivity index (χ4n) is 19.1. The van der Waals surface area contributed by atoms with Gasteiger partial charge in [-0.25, -0.2) is 0 Å². The van der Waals surface area contributed by atoms with Crippen molar-refractivity contribution in [3.05, 3.63) is 485 Å². The molecule has 124 heavy (non-hydrogen) atoms. The molecule has 0 aliphatic rings. The Hall–Kier alpha value is -16.4. The molecule has 0 unspecified atom stereocenters. The Bertz CT molecular complexity index is 8120. The minimum atomic E-state index is 1.14. The topological polar surface area (TPSA) is 19.7 Å². The van der Waals surface area contributed by atoms with Gasteiger partial charge in [0.1, 0.15) is 0 Å². The quantitative estimate of drug-likeness (QED) is 0.103. The van der Waals surface area contributed by atoms with E-state index in [1.807, 2.05) is 0 Å². The highest BCUT2D eigenvalue weighted by atomic mass is 15.0. The number of rotatable bonds is 14. The van der Waals surface area contributed by atoms with E-state index in [0.29, 0.717) is 0 Å². The molecule has 0 fully saturated rings. The summed E-state index contributed by atoms with van der Waals surface area (Å²) < 4.78 is 9.64. The van der Waals surface area contributed by atoms with Crippen LogP contribution in [0.4, 0.5) is 0 Å². The van der Waals surface area contributed by atoms with Crippen molar-refractivity contribution in [2.24, 2.45) is 0 Å². The van der Waals surface area contributed by atoms with E-state index in [4.69, 9.17) is 0 Å². The highest BCUT2D eigenvalue weighted by molar-refractivity contribution is 6.15. The third kappa shape index (κ3) is 13.0. The molecule has 4 heteroatoms. The smallest absolute Gasteiger partial charge is 0.0541 e. The van der Waals surface area contributed by atoms with Gasteiger partial charge in [0.2, 0.25) is 0 Å². The fourth-order valence-corrected chi connectivity index (χ4v) is 19.1. The maximum atomic E-state index is 2.43. The third-order valence-corrected chi connectivity index (χ3v) is 25.1. The molecule has 0 amide bonds. The van der Waals surface area contributed by atoms with E-state index < -0.39 is 0 Å². The highest BCUT2D eigenvalue weighted by Gasteiger charge is 2.22. The van der Waals surface area contributed by atoms with Gasteiger partial charge in [-0.1, -0.05) is 364 Å². The third-order valence-electron chi connectivity index (χ3n) is 25.1. The summed E-state index contributed by atoms with van der Waals surface area (Å²) in [6.07, 6.45) is 0. The zero-order valence-corrected chi connectivity index (χ0v) is 68.0. The Morgan fingerprint density at radius 2 is 0.282 bits per heavy atom. The maximum Gasteiger partial charge on any atom is 0.0541 e. The molecule has 4 aromatic heterocycles. The van der Waals surface area contributed by atoms with E-state index in [0.717, 1.165) is 22.7 Å². The van der Waals surface area contributed by atoms with E-state index >= 15 is 0 Å². The largest absolute Gasteiger partial charge is 0.309 e. The van der Waals surface area contributed by atoms with Gasteiger partial charge in [-0.3, -0.25) is 0 Å². The Labute approximate surface area is 719 Å². The second-order valence-electron chi connectivity index (χ2n) is 32.2. The minimum Gasteiger partial charge on any atom is -0.309 e. The maximum absolute atomic E-state index is 2.43. The lowest BCUT2D eigenvalue weighted by Crippen LogP contribution is -1.96. The molecule has 0 spiro atoms. The number of benzene rings is 20. The van der Waals surface area contributed by atoms with Crippen molar-refractivity contribution < 1.29 is 0 Å². The Balaban J connectivity index is 0.000000143. The Kier molecular flexibility index (Phi) is 18.2. The van der Waals surface area contributed by atoms with Crippen LogP contribution >= 0.6 is 0 Å². The fraction of sp³-hybridized carbons (Fsp3) is 0. The van der Waals surface area contributed by atoms with Crippen molar-refractivity contribution in [3.8, 4) is 134 Å². The van der Waals surface area contributed by atoms with Crippen molar-refractivity contribution in [1.82, 2.24) is 18.3 Å². The van der Waals surface area contributed by atoms with Crippen LogP contribution in [0.25, 0.3) is 221 Å². The molecule has 0 radical (unpaired) electrons. The number of aromatic nitrogens is 4. The lowest BCUT2D eigenvalue weighted by molar-refractivity contribution is 1.18. The Morgan fingerprint density at radius 1 is 0.0968 bits per heavy atom. The summed E-state index contributed by atoms with van der Waals surface area (Å²) in [6.45, 7) is 0. The molecule has 580 valence electrons. The van der Waals surface area contributed by atoms with E-state index in [1.165, 1.54) is 198 Å². The number of para-hydroxylation sites is 4. The van der Waals surface area contributed by atoms with Crippen LogP contribution in [0.3, 0.4) is 0 Å². The first-order valence-corrected chi connectivity index (χ1v) is 42.7. The second kappa shape index (κ2) is 31.1. The van der Waals surface area contributed by atoms with Gasteiger partial charge in [-0.2, -0.15) is 0 Å². The van der Waals surface area contributed by atoms with Crippen LogP contribution in [0.5, 0.6) is 0 Å². The molecular weight excluding hydrogens is 1500 g/mol. The van der Waals surface area contributed by atoms with E-state index in [1.54, 1.807) is 0 Å². The van der Waals surface area contributed by atoms with Gasteiger partial charge in [-0.05, 0) is 233 Å². The van der Waals surface area contributed by atoms with Crippen molar-refractivity contribution >= 4 is 87.2 Å². The van der Waals surface area contributed by atoms with Gasteiger partial charge in [-0.15, -0.1) is 0 Å². The van der Waals surface area contributed by atoms with Crippen LogP contribution in [0.1, 0.15) is 0 Å². The summed E-state index contributed by atoms with van der Waals surface area (Å²) >= 11 is 0. The monoisotopic (exact) mass is 1580 g/mol. The van der Waals surface area contributed by atoms with Crippen LogP contribution in [0.15, 0.2) is 485 Å². The highest BCUT2D eigenvalue weighted by Crippen LogP contribution is 2.45. The van der Waals surface area contributed by atoms with Gasteiger partial charge in [0.15, 0.2) is 0 Å². The first-order chi connectivity index (χ1) is 61.5. The summed E-state index contributed by atoms with van der Waals surface area (Å²) in [5.41, 5.74) is 38.5. The number of hydrogen-bond acceptors (Lipinski definition) is 0. The summed E-state index contributed by atoms with van der Waals surface area (Å²) in [5, 5.41) is 9.95. The van der Waals surface area contributed by atoms with E-state index in [-0.39, 0.29) is 0 Å². The predicted octanol–water partition coefficient (Wildman–Crippen LogP) is 32.4. The van der Waals surface area contributed by atoms with Crippen LogP contribution in [-0.4, -0.2) is 18.3 Å². The summed E-state index contributed by atoms with van der Waals surface area (Å²) in [7, 11) is 0.